The number of likely N-dealkylation sites (tertiary alicyclic amines) is 1. The van der Waals surface area contributed by atoms with E-state index < -0.39 is 27.3 Å². The van der Waals surface area contributed by atoms with Gasteiger partial charge in [0.05, 0.1) is 11.5 Å². The van der Waals surface area contributed by atoms with Crippen LogP contribution in [0, 0.1) is 5.92 Å². The first-order valence-electron chi connectivity index (χ1n) is 10.1. The number of hydrogen-bond donors (Lipinski definition) is 2. The molecule has 0 aliphatic carbocycles. The quantitative estimate of drug-likeness (QED) is 0.586. The zero-order chi connectivity index (χ0) is 21.3. The van der Waals surface area contributed by atoms with E-state index in [1.807, 2.05) is 12.1 Å². The monoisotopic (exact) mass is 432 g/mol. The van der Waals surface area contributed by atoms with E-state index in [1.54, 1.807) is 6.07 Å². The van der Waals surface area contributed by atoms with E-state index in [0.717, 1.165) is 11.1 Å². The Morgan fingerprint density at radius 2 is 2.03 bits per heavy atom. The van der Waals surface area contributed by atoms with E-state index in [4.69, 9.17) is 5.73 Å². The number of benzene rings is 1. The molecule has 3 fully saturated rings. The summed E-state index contributed by atoms with van der Waals surface area (Å²) >= 11 is 0. The molecule has 3 atom stereocenters. The Bertz CT molecular complexity index is 1070. The molecule has 4 heterocycles. The number of carbonyl (C=O) groups is 3. The molecule has 160 valence electrons. The molecule has 3 saturated heterocycles. The SMILES string of the molecule is NC12CN(Cc3ccc4c(c3)CN(C3CCC(=O)NC3=O)C4=O)CC1CS(=O)(=O)C2. The van der Waals surface area contributed by atoms with Gasteiger partial charge in [0.15, 0.2) is 9.84 Å². The van der Waals surface area contributed by atoms with Crippen LogP contribution in [-0.4, -0.2) is 72.1 Å². The van der Waals surface area contributed by atoms with Gasteiger partial charge in [-0.2, -0.15) is 0 Å². The first-order chi connectivity index (χ1) is 14.1. The molecule has 0 saturated carbocycles. The zero-order valence-corrected chi connectivity index (χ0v) is 17.3. The number of carbonyl (C=O) groups excluding carboxylic acids is 3. The second kappa shape index (κ2) is 6.60. The summed E-state index contributed by atoms with van der Waals surface area (Å²) < 4.78 is 23.8. The van der Waals surface area contributed by atoms with Crippen molar-refractivity contribution in [2.24, 2.45) is 11.7 Å². The summed E-state index contributed by atoms with van der Waals surface area (Å²) in [6, 6.07) is 5.05. The molecule has 0 spiro atoms. The van der Waals surface area contributed by atoms with E-state index in [1.165, 1.54) is 4.90 Å². The number of nitrogens with two attached hydrogens (primary N) is 1. The van der Waals surface area contributed by atoms with Crippen LogP contribution in [0.4, 0.5) is 0 Å². The molecule has 4 aliphatic rings. The van der Waals surface area contributed by atoms with Crippen molar-refractivity contribution >= 4 is 27.6 Å². The molecule has 0 radical (unpaired) electrons. The third kappa shape index (κ3) is 3.23. The minimum absolute atomic E-state index is 0.0403. The van der Waals surface area contributed by atoms with Crippen molar-refractivity contribution < 1.29 is 22.8 Å². The highest BCUT2D eigenvalue weighted by atomic mass is 32.2. The summed E-state index contributed by atoms with van der Waals surface area (Å²) in [5.74, 6) is -0.752. The minimum atomic E-state index is -3.05. The molecule has 0 aromatic heterocycles. The molecule has 5 rings (SSSR count). The summed E-state index contributed by atoms with van der Waals surface area (Å²) in [4.78, 5) is 40.1. The standard InChI is InChI=1S/C20H24N4O5S/c21-20-10-23(8-14(20)9-30(28,29)11-20)6-12-1-2-15-13(5-12)7-24(19(15)27)16-3-4-17(25)22-18(16)26/h1-2,5,14,16H,3-4,6-11,21H2,(H,22,25,26). The Morgan fingerprint density at radius 1 is 1.23 bits per heavy atom. The Kier molecular flexibility index (Phi) is 4.32. The fourth-order valence-corrected chi connectivity index (χ4v) is 7.68. The lowest BCUT2D eigenvalue weighted by Gasteiger charge is -2.29. The van der Waals surface area contributed by atoms with Gasteiger partial charge in [-0.25, -0.2) is 8.42 Å². The van der Waals surface area contributed by atoms with Gasteiger partial charge in [0.25, 0.3) is 5.91 Å². The average molecular weight is 433 g/mol. The second-order valence-corrected chi connectivity index (χ2v) is 11.2. The van der Waals surface area contributed by atoms with Crippen LogP contribution in [0.25, 0.3) is 0 Å². The number of sulfone groups is 1. The number of hydrogen-bond acceptors (Lipinski definition) is 7. The molecule has 1 aromatic rings. The highest BCUT2D eigenvalue weighted by Gasteiger charge is 2.53. The highest BCUT2D eigenvalue weighted by molar-refractivity contribution is 7.91. The molecular formula is C20H24N4O5S. The van der Waals surface area contributed by atoms with Crippen LogP contribution in [0.5, 0.6) is 0 Å². The lowest BCUT2D eigenvalue weighted by atomic mass is 9.92. The van der Waals surface area contributed by atoms with Crippen molar-refractivity contribution in [1.82, 2.24) is 15.1 Å². The first kappa shape index (κ1) is 19.7. The van der Waals surface area contributed by atoms with Gasteiger partial charge in [-0.15, -0.1) is 0 Å². The average Bonchev–Trinajstić information content (AvgIpc) is 3.18. The first-order valence-corrected chi connectivity index (χ1v) is 11.9. The smallest absolute Gasteiger partial charge is 0.255 e. The number of rotatable bonds is 3. The molecule has 9 nitrogen and oxygen atoms in total. The summed E-state index contributed by atoms with van der Waals surface area (Å²) in [7, 11) is -3.05. The molecule has 1 aromatic carbocycles. The molecular weight excluding hydrogens is 408 g/mol. The predicted molar refractivity (Wildman–Crippen MR) is 107 cm³/mol. The fourth-order valence-electron chi connectivity index (χ4n) is 5.37. The van der Waals surface area contributed by atoms with Crippen LogP contribution in [0.15, 0.2) is 18.2 Å². The highest BCUT2D eigenvalue weighted by Crippen LogP contribution is 2.36. The fraction of sp³-hybridized carbons (Fsp3) is 0.550. The lowest BCUT2D eigenvalue weighted by Crippen LogP contribution is -2.52. The molecule has 10 heteroatoms. The van der Waals surface area contributed by atoms with Crippen LogP contribution in [0.3, 0.4) is 0 Å². The van der Waals surface area contributed by atoms with Gasteiger partial charge in [0, 0.05) is 49.6 Å². The Labute approximate surface area is 174 Å². The largest absolute Gasteiger partial charge is 0.323 e. The van der Waals surface area contributed by atoms with Crippen LogP contribution in [-0.2, 0) is 32.5 Å². The van der Waals surface area contributed by atoms with Crippen molar-refractivity contribution in [2.75, 3.05) is 24.6 Å². The third-order valence-electron chi connectivity index (χ3n) is 6.75. The topological polar surface area (TPSA) is 130 Å². The van der Waals surface area contributed by atoms with Gasteiger partial charge in [-0.1, -0.05) is 12.1 Å². The van der Waals surface area contributed by atoms with Gasteiger partial charge >= 0.3 is 0 Å². The molecule has 4 aliphatic heterocycles. The Balaban J connectivity index is 1.29. The van der Waals surface area contributed by atoms with E-state index in [0.29, 0.717) is 38.2 Å². The van der Waals surface area contributed by atoms with Gasteiger partial charge < -0.3 is 10.6 Å². The summed E-state index contributed by atoms with van der Waals surface area (Å²) in [6.45, 7) is 2.16. The normalized spacial score (nSPS) is 33.0. The maximum atomic E-state index is 12.8. The van der Waals surface area contributed by atoms with Crippen LogP contribution >= 0.6 is 0 Å². The van der Waals surface area contributed by atoms with Crippen LogP contribution < -0.4 is 11.1 Å². The summed E-state index contributed by atoms with van der Waals surface area (Å²) in [6.07, 6.45) is 0.572. The Morgan fingerprint density at radius 3 is 2.77 bits per heavy atom. The lowest BCUT2D eigenvalue weighted by molar-refractivity contribution is -0.136. The number of nitrogens with one attached hydrogen (secondary N) is 1. The molecule has 30 heavy (non-hydrogen) atoms. The van der Waals surface area contributed by atoms with Crippen molar-refractivity contribution in [3.8, 4) is 0 Å². The number of amides is 3. The molecule has 3 unspecified atom stereocenters. The number of imide groups is 1. The van der Waals surface area contributed by atoms with Crippen LogP contribution in [0.2, 0.25) is 0 Å². The van der Waals surface area contributed by atoms with Gasteiger partial charge in [0.2, 0.25) is 11.8 Å². The Hall–Kier alpha value is -2.30. The number of piperidine rings is 1. The number of nitrogens with zero attached hydrogens (tertiary/aromatic N) is 2. The van der Waals surface area contributed by atoms with E-state index in [9.17, 15) is 22.8 Å². The minimum Gasteiger partial charge on any atom is -0.323 e. The van der Waals surface area contributed by atoms with E-state index in [-0.39, 0.29) is 35.7 Å². The van der Waals surface area contributed by atoms with E-state index in [2.05, 4.69) is 10.2 Å². The van der Waals surface area contributed by atoms with Crippen molar-refractivity contribution in [2.45, 2.75) is 37.5 Å². The van der Waals surface area contributed by atoms with Crippen LogP contribution in [0.1, 0.15) is 34.3 Å². The van der Waals surface area contributed by atoms with Gasteiger partial charge in [-0.05, 0) is 23.6 Å². The molecule has 3 amide bonds. The van der Waals surface area contributed by atoms with Crippen molar-refractivity contribution in [3.05, 3.63) is 34.9 Å². The van der Waals surface area contributed by atoms with E-state index >= 15 is 0 Å². The predicted octanol–water partition coefficient (Wildman–Crippen LogP) is -0.995. The third-order valence-corrected chi connectivity index (χ3v) is 8.64. The second-order valence-electron chi connectivity index (χ2n) is 9.05. The molecule has 0 bridgehead atoms. The van der Waals surface area contributed by atoms with Gasteiger partial charge in [0.1, 0.15) is 6.04 Å². The summed E-state index contributed by atoms with van der Waals surface area (Å²) in [5.41, 5.74) is 8.19. The zero-order valence-electron chi connectivity index (χ0n) is 16.5. The maximum Gasteiger partial charge on any atom is 0.255 e. The summed E-state index contributed by atoms with van der Waals surface area (Å²) in [5, 5.41) is 2.31. The maximum absolute atomic E-state index is 12.8. The molecule has 3 N–H and O–H groups in total. The van der Waals surface area contributed by atoms with Gasteiger partial charge in [-0.3, -0.25) is 24.6 Å². The number of fused-ring (bicyclic) bond motifs is 2. The van der Waals surface area contributed by atoms with Crippen molar-refractivity contribution in [1.29, 1.82) is 0 Å². The van der Waals surface area contributed by atoms with Crippen molar-refractivity contribution in [3.63, 3.8) is 0 Å².